The molecule has 0 saturated heterocycles. The summed E-state index contributed by atoms with van der Waals surface area (Å²) in [6, 6.07) is 11.9. The van der Waals surface area contributed by atoms with Crippen molar-refractivity contribution in [3.63, 3.8) is 0 Å². The largest absolute Gasteiger partial charge is 0.480 e. The molecule has 0 bridgehead atoms. The molecular weight excluding hydrogens is 464 g/mol. The van der Waals surface area contributed by atoms with E-state index in [1.54, 1.807) is 54.6 Å². The van der Waals surface area contributed by atoms with Crippen LogP contribution in [0.2, 0.25) is 0 Å². The summed E-state index contributed by atoms with van der Waals surface area (Å²) in [4.78, 5) is 66.6. The third-order valence-corrected chi connectivity index (χ3v) is 5.79. The highest BCUT2D eigenvalue weighted by molar-refractivity contribution is 5.91. The fraction of sp³-hybridized carbons (Fsp3) is 0.346. The van der Waals surface area contributed by atoms with Gasteiger partial charge in [-0.15, -0.1) is 0 Å². The van der Waals surface area contributed by atoms with Gasteiger partial charge in [0.2, 0.25) is 11.8 Å². The zero-order valence-electron chi connectivity index (χ0n) is 20.4. The Hall–Kier alpha value is -4.21. The number of aliphatic carboxylic acids is 1. The van der Waals surface area contributed by atoms with Crippen LogP contribution in [0.25, 0.3) is 10.9 Å². The average molecular weight is 495 g/mol. The van der Waals surface area contributed by atoms with Crippen molar-refractivity contribution in [1.29, 1.82) is 0 Å². The van der Waals surface area contributed by atoms with Crippen LogP contribution in [0, 0.1) is 5.92 Å². The van der Waals surface area contributed by atoms with Gasteiger partial charge in [0.25, 0.3) is 5.56 Å². The molecule has 36 heavy (non-hydrogen) atoms. The number of amides is 2. The first kappa shape index (κ1) is 26.4. The number of rotatable bonds is 10. The number of benzene rings is 2. The standard InChI is InChI=1S/C26H30N4O6/c1-15(2)13-20(22(31)27-16(3)25(34)35)28-23(32)21(14-17-9-5-4-6-10-17)30-24(33)18-11-7-8-12-19(18)29-26(30)36/h4-12,15-16,20-21H,13-14H2,1-3H3,(H,27,31)(H,28,32)(H,29,36)(H,34,35)/t16-,20+,21+/m1/s1. The summed E-state index contributed by atoms with van der Waals surface area (Å²) >= 11 is 0. The summed E-state index contributed by atoms with van der Waals surface area (Å²) in [6.45, 7) is 5.03. The minimum atomic E-state index is -1.26. The zero-order valence-corrected chi connectivity index (χ0v) is 20.4. The van der Waals surface area contributed by atoms with Gasteiger partial charge in [-0.2, -0.15) is 0 Å². The molecule has 190 valence electrons. The van der Waals surface area contributed by atoms with Crippen molar-refractivity contribution < 1.29 is 19.5 Å². The third-order valence-electron chi connectivity index (χ3n) is 5.79. The Bertz CT molecular complexity index is 1360. The highest BCUT2D eigenvalue weighted by atomic mass is 16.4. The van der Waals surface area contributed by atoms with Crippen molar-refractivity contribution in [2.24, 2.45) is 5.92 Å². The van der Waals surface area contributed by atoms with Crippen molar-refractivity contribution >= 4 is 28.7 Å². The number of carboxylic acid groups (broad SMARTS) is 1. The van der Waals surface area contributed by atoms with Gasteiger partial charge in [0.05, 0.1) is 10.9 Å². The second-order valence-electron chi connectivity index (χ2n) is 9.12. The fourth-order valence-corrected chi connectivity index (χ4v) is 3.94. The van der Waals surface area contributed by atoms with Gasteiger partial charge in [-0.1, -0.05) is 56.3 Å². The fourth-order valence-electron chi connectivity index (χ4n) is 3.94. The average Bonchev–Trinajstić information content (AvgIpc) is 2.83. The molecule has 1 heterocycles. The predicted octanol–water partition coefficient (Wildman–Crippen LogP) is 1.59. The smallest absolute Gasteiger partial charge is 0.329 e. The first-order valence-corrected chi connectivity index (χ1v) is 11.7. The van der Waals surface area contributed by atoms with E-state index >= 15 is 0 Å². The lowest BCUT2D eigenvalue weighted by Gasteiger charge is -2.25. The number of fused-ring (bicyclic) bond motifs is 1. The Morgan fingerprint density at radius 2 is 1.56 bits per heavy atom. The number of aromatic nitrogens is 2. The van der Waals surface area contributed by atoms with E-state index in [4.69, 9.17) is 5.11 Å². The van der Waals surface area contributed by atoms with E-state index in [2.05, 4.69) is 15.6 Å². The SMILES string of the molecule is CC(C)C[C@H](NC(=O)[C@H](Cc1ccccc1)n1c(=O)[nH]c2ccccc2c1=O)C(=O)N[C@H](C)C(=O)O. The molecule has 10 heteroatoms. The Morgan fingerprint density at radius 3 is 2.19 bits per heavy atom. The highest BCUT2D eigenvalue weighted by Crippen LogP contribution is 2.15. The van der Waals surface area contributed by atoms with Gasteiger partial charge < -0.3 is 20.7 Å². The Balaban J connectivity index is 2.03. The van der Waals surface area contributed by atoms with E-state index in [1.165, 1.54) is 6.92 Å². The second kappa shape index (κ2) is 11.5. The lowest BCUT2D eigenvalue weighted by molar-refractivity contribution is -0.141. The van der Waals surface area contributed by atoms with Crippen LogP contribution < -0.4 is 21.9 Å². The van der Waals surface area contributed by atoms with E-state index in [1.807, 2.05) is 13.8 Å². The number of aromatic amines is 1. The Morgan fingerprint density at radius 1 is 0.917 bits per heavy atom. The van der Waals surface area contributed by atoms with Gasteiger partial charge in [0.1, 0.15) is 18.1 Å². The molecule has 1 aromatic heterocycles. The van der Waals surface area contributed by atoms with Gasteiger partial charge in [-0.3, -0.25) is 19.2 Å². The lowest BCUT2D eigenvalue weighted by Crippen LogP contribution is -2.54. The number of carboxylic acids is 1. The van der Waals surface area contributed by atoms with Gasteiger partial charge in [0.15, 0.2) is 0 Å². The van der Waals surface area contributed by atoms with E-state index in [-0.39, 0.29) is 24.1 Å². The minimum Gasteiger partial charge on any atom is -0.480 e. The van der Waals surface area contributed by atoms with Crippen molar-refractivity contribution in [3.8, 4) is 0 Å². The molecule has 0 aliphatic heterocycles. The van der Waals surface area contributed by atoms with Crippen LogP contribution in [0.4, 0.5) is 0 Å². The maximum Gasteiger partial charge on any atom is 0.329 e. The van der Waals surface area contributed by atoms with Crippen molar-refractivity contribution in [2.75, 3.05) is 0 Å². The molecular formula is C26H30N4O6. The number of hydrogen-bond acceptors (Lipinski definition) is 5. The Labute approximate surface area is 207 Å². The monoisotopic (exact) mass is 494 g/mol. The van der Waals surface area contributed by atoms with Gasteiger partial charge in [0, 0.05) is 6.42 Å². The second-order valence-corrected chi connectivity index (χ2v) is 9.12. The maximum atomic E-state index is 13.6. The minimum absolute atomic E-state index is 0.0134. The molecule has 3 rings (SSSR count). The number of carbonyl (C=O) groups is 3. The maximum absolute atomic E-state index is 13.6. The van der Waals surface area contributed by atoms with Crippen molar-refractivity contribution in [3.05, 3.63) is 81.0 Å². The van der Waals surface area contributed by atoms with Crippen molar-refractivity contribution in [1.82, 2.24) is 20.2 Å². The van der Waals surface area contributed by atoms with Crippen molar-refractivity contribution in [2.45, 2.75) is 51.7 Å². The molecule has 3 atom stereocenters. The van der Waals surface area contributed by atoms with Crippen LogP contribution in [-0.2, 0) is 20.8 Å². The van der Waals surface area contributed by atoms with E-state index in [0.29, 0.717) is 11.1 Å². The predicted molar refractivity (Wildman–Crippen MR) is 135 cm³/mol. The number of carbonyl (C=O) groups excluding carboxylic acids is 2. The molecule has 2 amide bonds. The van der Waals surface area contributed by atoms with Crippen LogP contribution in [0.3, 0.4) is 0 Å². The van der Waals surface area contributed by atoms with Gasteiger partial charge in [-0.25, -0.2) is 9.36 Å². The molecule has 2 aromatic carbocycles. The third kappa shape index (κ3) is 6.26. The van der Waals surface area contributed by atoms with E-state index < -0.39 is 47.2 Å². The molecule has 0 saturated carbocycles. The first-order valence-electron chi connectivity index (χ1n) is 11.7. The van der Waals surface area contributed by atoms with E-state index in [9.17, 15) is 24.0 Å². The molecule has 0 radical (unpaired) electrons. The number of nitrogens with one attached hydrogen (secondary N) is 3. The molecule has 3 aromatic rings. The number of nitrogens with zero attached hydrogens (tertiary/aromatic N) is 1. The summed E-state index contributed by atoms with van der Waals surface area (Å²) in [6.07, 6.45) is 0.250. The molecule has 10 nitrogen and oxygen atoms in total. The summed E-state index contributed by atoms with van der Waals surface area (Å²) in [5, 5.41) is 14.4. The van der Waals surface area contributed by atoms with Gasteiger partial charge in [-0.05, 0) is 37.0 Å². The zero-order chi connectivity index (χ0) is 26.4. The molecule has 0 spiro atoms. The van der Waals surface area contributed by atoms with Gasteiger partial charge >= 0.3 is 11.7 Å². The van der Waals surface area contributed by atoms with Crippen LogP contribution in [0.1, 0.15) is 38.8 Å². The van der Waals surface area contributed by atoms with Crippen LogP contribution >= 0.6 is 0 Å². The van der Waals surface area contributed by atoms with E-state index in [0.717, 1.165) is 4.57 Å². The molecule has 4 N–H and O–H groups in total. The Kier molecular flexibility index (Phi) is 8.42. The molecule has 0 unspecified atom stereocenters. The quantitative estimate of drug-likeness (QED) is 0.336. The molecule has 0 fully saturated rings. The normalized spacial score (nSPS) is 13.7. The number of para-hydroxylation sites is 1. The van der Waals surface area contributed by atoms with Crippen LogP contribution in [0.5, 0.6) is 0 Å². The topological polar surface area (TPSA) is 150 Å². The van der Waals surface area contributed by atoms with Crippen LogP contribution in [-0.4, -0.2) is 44.5 Å². The summed E-state index contributed by atoms with van der Waals surface area (Å²) in [7, 11) is 0. The summed E-state index contributed by atoms with van der Waals surface area (Å²) in [5.41, 5.74) is -0.322. The van der Waals surface area contributed by atoms with Crippen LogP contribution in [0.15, 0.2) is 64.2 Å². The summed E-state index contributed by atoms with van der Waals surface area (Å²) in [5.74, 6) is -2.59. The number of hydrogen-bond donors (Lipinski definition) is 4. The molecule has 0 aliphatic rings. The first-order chi connectivity index (χ1) is 17.1. The number of H-pyrrole nitrogens is 1. The lowest BCUT2D eigenvalue weighted by atomic mass is 10.0. The summed E-state index contributed by atoms with van der Waals surface area (Å²) < 4.78 is 0.870. The molecule has 0 aliphatic carbocycles. The highest BCUT2D eigenvalue weighted by Gasteiger charge is 2.31.